The number of nitrogens with zero attached hydrogens (tertiary/aromatic N) is 3. The number of aromatic nitrogens is 3. The van der Waals surface area contributed by atoms with E-state index in [1.807, 2.05) is 43.3 Å². The van der Waals surface area contributed by atoms with Gasteiger partial charge in [0.25, 0.3) is 0 Å². The summed E-state index contributed by atoms with van der Waals surface area (Å²) in [4.78, 5) is 12.2. The molecule has 0 aliphatic heterocycles. The topological polar surface area (TPSA) is 91.4 Å². The summed E-state index contributed by atoms with van der Waals surface area (Å²) in [6.45, 7) is 3.97. The summed E-state index contributed by atoms with van der Waals surface area (Å²) in [7, 11) is 0. The van der Waals surface area contributed by atoms with Crippen molar-refractivity contribution in [3.05, 3.63) is 54.2 Å². The maximum atomic E-state index is 12.2. The summed E-state index contributed by atoms with van der Waals surface area (Å²) >= 11 is 1.38. The Hall–Kier alpha value is -2.94. The Balaban J connectivity index is 1.22. The molecule has 1 aliphatic carbocycles. The van der Waals surface area contributed by atoms with Crippen LogP contribution in [0.4, 0.5) is 0 Å². The largest absolute Gasteiger partial charge is 0.494 e. The van der Waals surface area contributed by atoms with Crippen molar-refractivity contribution in [3.8, 4) is 11.5 Å². The van der Waals surface area contributed by atoms with E-state index in [1.165, 1.54) is 11.8 Å². The van der Waals surface area contributed by atoms with Crippen molar-refractivity contribution in [1.29, 1.82) is 0 Å². The number of carbonyl (C=O) groups excluding carboxylic acids is 1. The van der Waals surface area contributed by atoms with Crippen LogP contribution in [0.5, 0.6) is 11.5 Å². The number of rotatable bonds is 12. The second-order valence-corrected chi connectivity index (χ2v) is 8.11. The van der Waals surface area contributed by atoms with Crippen LogP contribution in [0.2, 0.25) is 0 Å². The molecule has 0 radical (unpaired) electrons. The van der Waals surface area contributed by atoms with E-state index in [2.05, 4.69) is 20.1 Å². The van der Waals surface area contributed by atoms with Crippen molar-refractivity contribution < 1.29 is 18.7 Å². The van der Waals surface area contributed by atoms with Gasteiger partial charge in [-0.3, -0.25) is 9.36 Å². The summed E-state index contributed by atoms with van der Waals surface area (Å²) in [6, 6.07) is 11.2. The Morgan fingerprint density at radius 3 is 2.65 bits per heavy atom. The lowest BCUT2D eigenvalue weighted by molar-refractivity contribution is -0.118. The molecule has 1 amide bonds. The van der Waals surface area contributed by atoms with Gasteiger partial charge in [0.2, 0.25) is 5.91 Å². The molecule has 9 heteroatoms. The number of ether oxygens (including phenoxy) is 2. The van der Waals surface area contributed by atoms with Gasteiger partial charge in [-0.15, -0.1) is 10.2 Å². The Bertz CT molecular complexity index is 968. The quantitative estimate of drug-likeness (QED) is 0.339. The van der Waals surface area contributed by atoms with Crippen molar-refractivity contribution >= 4 is 17.7 Å². The standard InChI is InChI=1S/C22H26N4O4S/c1-2-28-17-7-9-18(10-8-17)30-13-11-23-20(27)15-31-22-25-24-21(16-5-6-16)26(22)14-19-4-3-12-29-19/h3-4,7-10,12,16H,2,5-6,11,13-15H2,1H3,(H,23,27). The highest BCUT2D eigenvalue weighted by Crippen LogP contribution is 2.40. The molecule has 2 heterocycles. The Morgan fingerprint density at radius 1 is 1.19 bits per heavy atom. The first kappa shape index (κ1) is 21.3. The number of thioether (sulfide) groups is 1. The molecule has 0 spiro atoms. The maximum Gasteiger partial charge on any atom is 0.230 e. The zero-order valence-electron chi connectivity index (χ0n) is 17.5. The minimum Gasteiger partial charge on any atom is -0.494 e. The van der Waals surface area contributed by atoms with Crippen LogP contribution in [0.15, 0.2) is 52.2 Å². The number of hydrogen-bond acceptors (Lipinski definition) is 7. The summed E-state index contributed by atoms with van der Waals surface area (Å²) in [5.74, 6) is 4.04. The van der Waals surface area contributed by atoms with E-state index < -0.39 is 0 Å². The summed E-state index contributed by atoms with van der Waals surface area (Å²) < 4.78 is 18.6. The van der Waals surface area contributed by atoms with Gasteiger partial charge < -0.3 is 19.2 Å². The van der Waals surface area contributed by atoms with Crippen molar-refractivity contribution in [2.75, 3.05) is 25.5 Å². The molecule has 1 aliphatic rings. The number of hydrogen-bond donors (Lipinski definition) is 1. The Morgan fingerprint density at radius 2 is 1.97 bits per heavy atom. The monoisotopic (exact) mass is 442 g/mol. The second-order valence-electron chi connectivity index (χ2n) is 7.17. The molecule has 1 aromatic carbocycles. The van der Waals surface area contributed by atoms with Crippen LogP contribution < -0.4 is 14.8 Å². The van der Waals surface area contributed by atoms with Crippen molar-refractivity contribution in [3.63, 3.8) is 0 Å². The molecule has 31 heavy (non-hydrogen) atoms. The van der Waals surface area contributed by atoms with Gasteiger partial charge in [-0.1, -0.05) is 11.8 Å². The van der Waals surface area contributed by atoms with Gasteiger partial charge in [0.05, 0.1) is 31.7 Å². The minimum absolute atomic E-state index is 0.0687. The van der Waals surface area contributed by atoms with E-state index in [9.17, 15) is 4.79 Å². The van der Waals surface area contributed by atoms with Crippen LogP contribution in [-0.4, -0.2) is 46.2 Å². The fourth-order valence-corrected chi connectivity index (χ4v) is 3.87. The van der Waals surface area contributed by atoms with Gasteiger partial charge in [-0.05, 0) is 56.2 Å². The maximum absolute atomic E-state index is 12.2. The Kier molecular flexibility index (Phi) is 7.14. The molecule has 3 aromatic rings. The molecule has 1 saturated carbocycles. The van der Waals surface area contributed by atoms with E-state index in [-0.39, 0.29) is 11.7 Å². The number of furan rings is 1. The average Bonchev–Trinajstić information content (AvgIpc) is 3.34. The number of amides is 1. The number of nitrogens with one attached hydrogen (secondary N) is 1. The molecule has 4 rings (SSSR count). The normalized spacial score (nSPS) is 13.2. The van der Waals surface area contributed by atoms with E-state index in [0.29, 0.717) is 32.2 Å². The molecule has 0 atom stereocenters. The van der Waals surface area contributed by atoms with Crippen LogP contribution in [0, 0.1) is 0 Å². The highest BCUT2D eigenvalue weighted by molar-refractivity contribution is 7.99. The molecule has 0 saturated heterocycles. The first-order chi connectivity index (χ1) is 15.2. The highest BCUT2D eigenvalue weighted by atomic mass is 32.2. The summed E-state index contributed by atoms with van der Waals surface area (Å²) in [6.07, 6.45) is 3.93. The van der Waals surface area contributed by atoms with Gasteiger partial charge in [0.1, 0.15) is 29.7 Å². The molecule has 0 bridgehead atoms. The summed E-state index contributed by atoms with van der Waals surface area (Å²) in [5.41, 5.74) is 0. The fraction of sp³-hybridized carbons (Fsp3) is 0.409. The smallest absolute Gasteiger partial charge is 0.230 e. The van der Waals surface area contributed by atoms with Gasteiger partial charge in [-0.25, -0.2) is 0 Å². The third-order valence-electron chi connectivity index (χ3n) is 4.74. The molecule has 1 N–H and O–H groups in total. The SMILES string of the molecule is CCOc1ccc(OCCNC(=O)CSc2nnc(C3CC3)n2Cc2ccco2)cc1. The van der Waals surface area contributed by atoms with Crippen LogP contribution >= 0.6 is 11.8 Å². The van der Waals surface area contributed by atoms with Crippen molar-refractivity contribution in [2.24, 2.45) is 0 Å². The fourth-order valence-electron chi connectivity index (χ4n) is 3.10. The minimum atomic E-state index is -0.0687. The summed E-state index contributed by atoms with van der Waals surface area (Å²) in [5, 5.41) is 12.3. The lowest BCUT2D eigenvalue weighted by atomic mass is 10.3. The number of carbonyl (C=O) groups is 1. The van der Waals surface area contributed by atoms with Crippen LogP contribution in [0.25, 0.3) is 0 Å². The first-order valence-electron chi connectivity index (χ1n) is 10.4. The molecule has 1 fully saturated rings. The van der Waals surface area contributed by atoms with E-state index in [0.717, 1.165) is 41.1 Å². The zero-order valence-corrected chi connectivity index (χ0v) is 18.3. The van der Waals surface area contributed by atoms with Gasteiger partial charge >= 0.3 is 0 Å². The molecule has 2 aromatic heterocycles. The van der Waals surface area contributed by atoms with Crippen LogP contribution in [-0.2, 0) is 11.3 Å². The first-order valence-corrected chi connectivity index (χ1v) is 11.4. The van der Waals surface area contributed by atoms with E-state index in [1.54, 1.807) is 6.26 Å². The van der Waals surface area contributed by atoms with Crippen molar-refractivity contribution in [2.45, 2.75) is 37.4 Å². The number of benzene rings is 1. The highest BCUT2D eigenvalue weighted by Gasteiger charge is 2.30. The Labute approximate surface area is 185 Å². The average molecular weight is 443 g/mol. The van der Waals surface area contributed by atoms with Crippen molar-refractivity contribution in [1.82, 2.24) is 20.1 Å². The van der Waals surface area contributed by atoms with Crippen LogP contribution in [0.1, 0.15) is 37.3 Å². The molecule has 8 nitrogen and oxygen atoms in total. The van der Waals surface area contributed by atoms with Gasteiger partial charge in [0.15, 0.2) is 5.16 Å². The molecule has 0 unspecified atom stereocenters. The predicted molar refractivity (Wildman–Crippen MR) is 117 cm³/mol. The lowest BCUT2D eigenvalue weighted by Crippen LogP contribution is -2.29. The predicted octanol–water partition coefficient (Wildman–Crippen LogP) is 3.48. The second kappa shape index (κ2) is 10.4. The van der Waals surface area contributed by atoms with E-state index in [4.69, 9.17) is 13.9 Å². The molecular weight excluding hydrogens is 416 g/mol. The molecule has 164 valence electrons. The third-order valence-corrected chi connectivity index (χ3v) is 5.71. The molecular formula is C22H26N4O4S. The van der Waals surface area contributed by atoms with Crippen LogP contribution in [0.3, 0.4) is 0 Å². The third kappa shape index (κ3) is 6.04. The van der Waals surface area contributed by atoms with Gasteiger partial charge in [0, 0.05) is 5.92 Å². The van der Waals surface area contributed by atoms with E-state index >= 15 is 0 Å². The zero-order chi connectivity index (χ0) is 21.5. The lowest BCUT2D eigenvalue weighted by Gasteiger charge is -2.10. The van der Waals surface area contributed by atoms with Gasteiger partial charge in [-0.2, -0.15) is 0 Å².